The van der Waals surface area contributed by atoms with Crippen molar-refractivity contribution in [2.45, 2.75) is 47.0 Å². The molecule has 0 heterocycles. The van der Waals surface area contributed by atoms with Crippen LogP contribution in [0, 0.1) is 30.0 Å². The van der Waals surface area contributed by atoms with E-state index in [2.05, 4.69) is 26.1 Å². The standard InChI is InChI=1S/C18H28FN/c1-13(2)11-20-12-18(4,16-6-7-16)10-15-5-8-17(19)9-14(15)3/h5,8-9,13,16,20H,6-7,10-12H2,1-4H3. The van der Waals surface area contributed by atoms with Gasteiger partial charge in [-0.25, -0.2) is 4.39 Å². The minimum atomic E-state index is -0.127. The molecular formula is C18H28FN. The Balaban J connectivity index is 2.04. The van der Waals surface area contributed by atoms with Gasteiger partial charge in [0.1, 0.15) is 5.82 Å². The number of rotatable bonds is 7. The molecule has 2 rings (SSSR count). The Labute approximate surface area is 123 Å². The normalized spacial score (nSPS) is 18.3. The molecule has 1 fully saturated rings. The largest absolute Gasteiger partial charge is 0.316 e. The maximum atomic E-state index is 13.2. The van der Waals surface area contributed by atoms with E-state index >= 15 is 0 Å². The summed E-state index contributed by atoms with van der Waals surface area (Å²) in [5.74, 6) is 1.38. The summed E-state index contributed by atoms with van der Waals surface area (Å²) in [4.78, 5) is 0. The molecule has 1 nitrogen and oxygen atoms in total. The third kappa shape index (κ3) is 4.05. The topological polar surface area (TPSA) is 12.0 Å². The van der Waals surface area contributed by atoms with Gasteiger partial charge in [-0.05, 0) is 73.2 Å². The summed E-state index contributed by atoms with van der Waals surface area (Å²) in [7, 11) is 0. The average molecular weight is 277 g/mol. The van der Waals surface area contributed by atoms with E-state index in [1.807, 2.05) is 13.0 Å². The van der Waals surface area contributed by atoms with Gasteiger partial charge in [-0.1, -0.05) is 26.8 Å². The van der Waals surface area contributed by atoms with Crippen LogP contribution < -0.4 is 5.32 Å². The summed E-state index contributed by atoms with van der Waals surface area (Å²) < 4.78 is 13.2. The van der Waals surface area contributed by atoms with Crippen LogP contribution >= 0.6 is 0 Å². The summed E-state index contributed by atoms with van der Waals surface area (Å²) in [5.41, 5.74) is 2.69. The first kappa shape index (κ1) is 15.5. The highest BCUT2D eigenvalue weighted by Gasteiger charge is 2.41. The van der Waals surface area contributed by atoms with E-state index in [-0.39, 0.29) is 5.82 Å². The van der Waals surface area contributed by atoms with E-state index in [0.717, 1.165) is 31.0 Å². The molecule has 0 saturated heterocycles. The van der Waals surface area contributed by atoms with Gasteiger partial charge in [0.25, 0.3) is 0 Å². The average Bonchev–Trinajstić information content (AvgIpc) is 3.17. The second kappa shape index (κ2) is 6.26. The summed E-state index contributed by atoms with van der Waals surface area (Å²) in [6.45, 7) is 11.0. The molecule has 1 aliphatic carbocycles. The Morgan fingerprint density at radius 1 is 1.35 bits per heavy atom. The number of aryl methyl sites for hydroxylation is 1. The number of hydrogen-bond acceptors (Lipinski definition) is 1. The highest BCUT2D eigenvalue weighted by Crippen LogP contribution is 2.47. The Bertz CT molecular complexity index is 451. The minimum absolute atomic E-state index is 0.127. The summed E-state index contributed by atoms with van der Waals surface area (Å²) >= 11 is 0. The highest BCUT2D eigenvalue weighted by molar-refractivity contribution is 5.28. The van der Waals surface area contributed by atoms with Crippen molar-refractivity contribution in [3.8, 4) is 0 Å². The predicted octanol–water partition coefficient (Wildman–Crippen LogP) is 4.34. The summed E-state index contributed by atoms with van der Waals surface area (Å²) in [5, 5.41) is 3.62. The SMILES string of the molecule is Cc1cc(F)ccc1CC(C)(CNCC(C)C)C1CC1. The molecule has 0 bridgehead atoms. The Kier molecular flexibility index (Phi) is 4.85. The van der Waals surface area contributed by atoms with Crippen LogP contribution in [0.1, 0.15) is 44.7 Å². The monoisotopic (exact) mass is 277 g/mol. The molecule has 0 aromatic heterocycles. The molecular weight excluding hydrogens is 249 g/mol. The first-order chi connectivity index (χ1) is 9.40. The second-order valence-corrected chi connectivity index (χ2v) is 7.20. The van der Waals surface area contributed by atoms with Gasteiger partial charge in [-0.3, -0.25) is 0 Å². The van der Waals surface area contributed by atoms with E-state index in [9.17, 15) is 4.39 Å². The lowest BCUT2D eigenvalue weighted by Gasteiger charge is -2.31. The fourth-order valence-corrected chi connectivity index (χ4v) is 3.07. The first-order valence-electron chi connectivity index (χ1n) is 7.86. The quantitative estimate of drug-likeness (QED) is 0.782. The maximum absolute atomic E-state index is 13.2. The van der Waals surface area contributed by atoms with Gasteiger partial charge in [-0.15, -0.1) is 0 Å². The van der Waals surface area contributed by atoms with Crippen LogP contribution in [0.3, 0.4) is 0 Å². The van der Waals surface area contributed by atoms with Crippen molar-refractivity contribution in [2.24, 2.45) is 17.3 Å². The van der Waals surface area contributed by atoms with Crippen LogP contribution in [0.15, 0.2) is 18.2 Å². The van der Waals surface area contributed by atoms with Gasteiger partial charge in [0.15, 0.2) is 0 Å². The van der Waals surface area contributed by atoms with Crippen LogP contribution in [-0.4, -0.2) is 13.1 Å². The van der Waals surface area contributed by atoms with Crippen molar-refractivity contribution < 1.29 is 4.39 Å². The third-order valence-electron chi connectivity index (χ3n) is 4.54. The Morgan fingerprint density at radius 2 is 2.05 bits per heavy atom. The van der Waals surface area contributed by atoms with Crippen molar-refractivity contribution in [1.29, 1.82) is 0 Å². The molecule has 0 spiro atoms. The van der Waals surface area contributed by atoms with E-state index in [1.54, 1.807) is 12.1 Å². The Hall–Kier alpha value is -0.890. The van der Waals surface area contributed by atoms with Gasteiger partial charge < -0.3 is 5.32 Å². The molecule has 1 unspecified atom stereocenters. The van der Waals surface area contributed by atoms with Gasteiger partial charge in [0, 0.05) is 6.54 Å². The highest BCUT2D eigenvalue weighted by atomic mass is 19.1. The van der Waals surface area contributed by atoms with E-state index in [1.165, 1.54) is 18.4 Å². The molecule has 0 amide bonds. The minimum Gasteiger partial charge on any atom is -0.316 e. The zero-order valence-electron chi connectivity index (χ0n) is 13.3. The van der Waals surface area contributed by atoms with Crippen molar-refractivity contribution >= 4 is 0 Å². The molecule has 0 aliphatic heterocycles. The number of nitrogens with one attached hydrogen (secondary N) is 1. The van der Waals surface area contributed by atoms with Crippen LogP contribution in [0.25, 0.3) is 0 Å². The predicted molar refractivity (Wildman–Crippen MR) is 83.4 cm³/mol. The number of benzene rings is 1. The van der Waals surface area contributed by atoms with Gasteiger partial charge in [0.2, 0.25) is 0 Å². The zero-order valence-corrected chi connectivity index (χ0v) is 13.3. The smallest absolute Gasteiger partial charge is 0.123 e. The first-order valence-corrected chi connectivity index (χ1v) is 7.86. The van der Waals surface area contributed by atoms with Crippen LogP contribution in [0.4, 0.5) is 4.39 Å². The van der Waals surface area contributed by atoms with E-state index < -0.39 is 0 Å². The van der Waals surface area contributed by atoms with Gasteiger partial charge in [-0.2, -0.15) is 0 Å². The van der Waals surface area contributed by atoms with Crippen molar-refractivity contribution in [3.63, 3.8) is 0 Å². The summed E-state index contributed by atoms with van der Waals surface area (Å²) in [6.07, 6.45) is 3.75. The van der Waals surface area contributed by atoms with E-state index in [4.69, 9.17) is 0 Å². The fraction of sp³-hybridized carbons (Fsp3) is 0.667. The van der Waals surface area contributed by atoms with Crippen molar-refractivity contribution in [1.82, 2.24) is 5.32 Å². The molecule has 1 aromatic rings. The molecule has 2 heteroatoms. The molecule has 0 radical (unpaired) electrons. The molecule has 1 atom stereocenters. The van der Waals surface area contributed by atoms with Crippen LogP contribution in [-0.2, 0) is 6.42 Å². The van der Waals surface area contributed by atoms with Gasteiger partial charge in [0.05, 0.1) is 0 Å². The maximum Gasteiger partial charge on any atom is 0.123 e. The zero-order chi connectivity index (χ0) is 14.8. The van der Waals surface area contributed by atoms with Crippen molar-refractivity contribution in [2.75, 3.05) is 13.1 Å². The third-order valence-corrected chi connectivity index (χ3v) is 4.54. The lowest BCUT2D eigenvalue weighted by atomic mass is 9.78. The molecule has 112 valence electrons. The molecule has 1 N–H and O–H groups in total. The second-order valence-electron chi connectivity index (χ2n) is 7.20. The van der Waals surface area contributed by atoms with Crippen LogP contribution in [0.2, 0.25) is 0 Å². The van der Waals surface area contributed by atoms with Gasteiger partial charge >= 0.3 is 0 Å². The number of halogens is 1. The molecule has 1 aliphatic rings. The van der Waals surface area contributed by atoms with Crippen molar-refractivity contribution in [3.05, 3.63) is 35.1 Å². The number of hydrogen-bond donors (Lipinski definition) is 1. The lowest BCUT2D eigenvalue weighted by molar-refractivity contribution is 0.251. The lowest BCUT2D eigenvalue weighted by Crippen LogP contribution is -2.37. The Morgan fingerprint density at radius 3 is 2.60 bits per heavy atom. The summed E-state index contributed by atoms with van der Waals surface area (Å²) in [6, 6.07) is 5.22. The fourth-order valence-electron chi connectivity index (χ4n) is 3.07. The molecule has 20 heavy (non-hydrogen) atoms. The molecule has 1 aromatic carbocycles. The van der Waals surface area contributed by atoms with E-state index in [0.29, 0.717) is 11.3 Å². The van der Waals surface area contributed by atoms with Crippen LogP contribution in [0.5, 0.6) is 0 Å². The molecule has 1 saturated carbocycles.